The third kappa shape index (κ3) is 24.0. The molecule has 18 atom stereocenters. The first-order chi connectivity index (χ1) is 61.9. The van der Waals surface area contributed by atoms with Crippen molar-refractivity contribution in [3.05, 3.63) is 141 Å². The largest absolute Gasteiger partial charge is 0.573 e. The number of phenols is 3. The molecule has 8 heterocycles. The van der Waals surface area contributed by atoms with Gasteiger partial charge in [0.25, 0.3) is 16.1 Å². The minimum absolute atomic E-state index is 0.0349. The molecule has 24 N–H and O–H groups in total. The van der Waals surface area contributed by atoms with Gasteiger partial charge in [0.1, 0.15) is 101 Å². The number of carbonyl (C=O) groups is 9. The van der Waals surface area contributed by atoms with Crippen molar-refractivity contribution in [1.29, 1.82) is 0 Å². The zero-order valence-electron chi connectivity index (χ0n) is 70.5. The van der Waals surface area contributed by atoms with Crippen LogP contribution < -0.4 is 87.9 Å². The summed E-state index contributed by atoms with van der Waals surface area (Å²) in [6, 6.07) is 2.80. The number of primary amides is 1. The van der Waals surface area contributed by atoms with E-state index in [2.05, 4.69) is 52.6 Å². The number of anilines is 1. The van der Waals surface area contributed by atoms with Crippen molar-refractivity contribution < 1.29 is 149 Å². The van der Waals surface area contributed by atoms with Crippen LogP contribution in [0.5, 0.6) is 51.7 Å². The molecule has 10 amide bonds. The van der Waals surface area contributed by atoms with Crippen LogP contribution in [0.2, 0.25) is 10.0 Å². The number of rotatable bonds is 24. The number of carbonyl (C=O) groups excluding carboxylic acids is 9. The number of benzene rings is 6. The number of fused-ring (bicyclic) bond motifs is 15. The number of nitrogens with zero attached hydrogens (tertiary/aromatic N) is 1. The Morgan fingerprint density at radius 1 is 0.725 bits per heavy atom. The van der Waals surface area contributed by atoms with E-state index in [-0.39, 0.29) is 48.0 Å². The third-order valence-electron chi connectivity index (χ3n) is 22.8. The van der Waals surface area contributed by atoms with E-state index in [1.54, 1.807) is 25.7 Å². The Morgan fingerprint density at radius 3 is 1.96 bits per heavy atom. The van der Waals surface area contributed by atoms with E-state index < -0.39 is 295 Å². The molecule has 48 heteroatoms. The van der Waals surface area contributed by atoms with Crippen LogP contribution in [-0.4, -0.2) is 244 Å². The quantitative estimate of drug-likeness (QED) is 0.0303. The fourth-order valence-corrected chi connectivity index (χ4v) is 16.8. The highest BCUT2D eigenvalue weighted by Crippen LogP contribution is 2.50. The first-order valence-corrected chi connectivity index (χ1v) is 43.5. The molecule has 0 unspecified atom stereocenters. The average molecular weight is 1900 g/mol. The van der Waals surface area contributed by atoms with Crippen LogP contribution in [0.15, 0.2) is 103 Å². The molecule has 11 bridgehead atoms. The number of urea groups is 1. The first kappa shape index (κ1) is 98.7. The van der Waals surface area contributed by atoms with E-state index in [9.17, 15) is 86.7 Å². The van der Waals surface area contributed by atoms with E-state index in [4.69, 9.17) is 67.3 Å². The minimum Gasteiger partial charge on any atom is -0.508 e. The van der Waals surface area contributed by atoms with Crippen molar-refractivity contribution in [2.24, 2.45) is 22.7 Å². The number of alkyl halides is 3. The van der Waals surface area contributed by atoms with Crippen molar-refractivity contribution in [1.82, 2.24) is 57.6 Å². The van der Waals surface area contributed by atoms with E-state index in [0.717, 1.165) is 84.9 Å². The number of halogens is 5. The maximum atomic E-state index is 16.4. The summed E-state index contributed by atoms with van der Waals surface area (Å²) in [5.74, 6) is -16.7. The fraction of sp³-hybridized carbons (Fsp3) is 0.458. The fourth-order valence-electron chi connectivity index (χ4n) is 16.0. The summed E-state index contributed by atoms with van der Waals surface area (Å²) in [5.41, 5.74) is 3.61. The lowest BCUT2D eigenvalue weighted by Crippen LogP contribution is -2.65. The van der Waals surface area contributed by atoms with E-state index >= 15 is 24.0 Å². The SMILES string of the molecule is CN[C@H](CC(C)C)C(=O)N[C@H]1C(=O)N[C@@H](CC(N)=O)C(=O)N[C@H]2C(=O)N[C@H]3C(=O)N[C@H](C(=O)N[C@@H](C(=O)NOCCNS(N)(=O)=O)c4cc(O)cc(O)c4-c4cc3ccc4O)[C@H](O)c3ccc(c(Cl)c3)Oc3cc2cc(c3O[C@@H]2O[C@H](CO)[C@@H](O)[C@H](O)[C@H]2O[C@H]2C[C@](C)(NCCC3CCN(C(=O)Nc4ccc(OC(F)(F)F)cc4)CC3)[C@H](O)[C@H](C)O2)Oc2ccc(cc2Cl)[C@H]1O. The van der Waals surface area contributed by atoms with Crippen molar-refractivity contribution in [2.75, 3.05) is 51.8 Å². The molecule has 0 aromatic heterocycles. The highest BCUT2D eigenvalue weighted by atomic mass is 35.5. The lowest BCUT2D eigenvalue weighted by molar-refractivity contribution is -0.334. The molecular weight excluding hydrogens is 1800 g/mol. The van der Waals surface area contributed by atoms with Gasteiger partial charge in [-0.1, -0.05) is 55.2 Å². The number of piperidine rings is 1. The van der Waals surface area contributed by atoms with Crippen LogP contribution in [0.4, 0.5) is 23.7 Å². The zero-order valence-corrected chi connectivity index (χ0v) is 72.8. The standard InChI is InChI=1S/C83H99Cl2F3N14O28S/c1-35(2)24-49(91-5)73(113)99-64-66(108)39-7-14-53(47(84)26-39)125-55-28-41-29-56(70(55)129-80-71(69(111)68(110)57(34-103)127-80)128-59-33-82(4,72(112)36(3)124-59)92-19-16-37-17-21-102(22-18-37)81(120)94-42-9-11-44(12-10-42)130-83(86,87)88)126-54-15-8-40(27-48(54)85)67(109)65-78(118)98-63(79(119)101-123-23-20-93-131(90,121)122)46-30-43(104)31-52(106)60(46)45-25-38(6-13-51(45)105)61(75(115)100-65)97-76(116)62(41)96-74(114)50(32-58(89)107)95-77(64)117/h6-15,25-31,35-37,49-50,57,59,61-69,71-72,80,91-93,103-106,108-112H,16-24,32-34H2,1-5H3,(H2,89,107)(H,94,120)(H,95,117)(H,96,114)(H,97,116)(H,98,118)(H,99,113)(H,100,115)(H,101,119)(H2,90,121,122)/t36-,49+,50-,57+,59-,61+,62+,63+,64+,65-,66+,67+,68+,69-,71+,72+,80-,82-/m0/s1. The van der Waals surface area contributed by atoms with E-state index in [1.165, 1.54) is 32.2 Å². The Labute approximate surface area is 755 Å². The monoisotopic (exact) mass is 1900 g/mol. The number of aliphatic hydroxyl groups is 6. The molecule has 8 aliphatic heterocycles. The van der Waals surface area contributed by atoms with Crippen molar-refractivity contribution in [3.8, 4) is 62.9 Å². The van der Waals surface area contributed by atoms with Gasteiger partial charge in [0.05, 0.1) is 47.9 Å². The van der Waals surface area contributed by atoms with E-state index in [0.29, 0.717) is 32.4 Å². The number of likely N-dealkylation sites (N-methyl/N-ethyl adjacent to an activating group) is 1. The van der Waals surface area contributed by atoms with Gasteiger partial charge in [0, 0.05) is 54.5 Å². The molecule has 42 nitrogen and oxygen atoms in total. The Morgan fingerprint density at radius 2 is 1.35 bits per heavy atom. The topological polar surface area (TPSA) is 631 Å². The molecule has 131 heavy (non-hydrogen) atoms. The average Bonchev–Trinajstić information content (AvgIpc) is 0.762. The Bertz CT molecular complexity index is 5380. The summed E-state index contributed by atoms with van der Waals surface area (Å²) in [7, 11) is -2.85. The maximum Gasteiger partial charge on any atom is 0.573 e. The van der Waals surface area contributed by atoms with Gasteiger partial charge in [0.15, 0.2) is 23.9 Å². The molecule has 0 radical (unpaired) electrons. The highest BCUT2D eigenvalue weighted by molar-refractivity contribution is 7.87. The molecule has 6 aromatic carbocycles. The number of hydrogen-bond acceptors (Lipinski definition) is 30. The number of phenolic OH excluding ortho intramolecular Hbond substituents is 3. The summed E-state index contributed by atoms with van der Waals surface area (Å²) in [6.45, 7) is 5.45. The van der Waals surface area contributed by atoms with Gasteiger partial charge in [-0.05, 0) is 172 Å². The van der Waals surface area contributed by atoms with Crippen LogP contribution in [0.1, 0.15) is 124 Å². The van der Waals surface area contributed by atoms with Crippen LogP contribution in [0, 0.1) is 11.8 Å². The normalized spacial score (nSPS) is 26.4. The summed E-state index contributed by atoms with van der Waals surface area (Å²) >= 11 is 14.4. The van der Waals surface area contributed by atoms with Crippen LogP contribution in [0.25, 0.3) is 11.1 Å². The van der Waals surface area contributed by atoms with Gasteiger partial charge >= 0.3 is 12.4 Å². The van der Waals surface area contributed by atoms with Crippen molar-refractivity contribution in [3.63, 3.8) is 0 Å². The van der Waals surface area contributed by atoms with Gasteiger partial charge in [-0.25, -0.2) is 20.1 Å². The summed E-state index contributed by atoms with van der Waals surface area (Å²) in [5, 5.41) is 135. The highest BCUT2D eigenvalue weighted by Gasteiger charge is 2.53. The molecule has 14 rings (SSSR count). The number of likely N-dealkylation sites (tertiary alicyclic amines) is 1. The molecule has 0 spiro atoms. The van der Waals surface area contributed by atoms with Crippen LogP contribution in [0.3, 0.4) is 0 Å². The number of nitrogens with two attached hydrogens (primary N) is 2. The van der Waals surface area contributed by atoms with E-state index in [1.807, 2.05) is 10.2 Å². The Balaban J connectivity index is 0.970. The van der Waals surface area contributed by atoms with Gasteiger partial charge in [-0.15, -0.1) is 13.2 Å². The summed E-state index contributed by atoms with van der Waals surface area (Å²) in [4.78, 5) is 140. The predicted octanol–water partition coefficient (Wildman–Crippen LogP) is 1.73. The number of aromatic hydroxyl groups is 3. The second kappa shape index (κ2) is 41.7. The maximum absolute atomic E-state index is 16.4. The Kier molecular flexibility index (Phi) is 31.4. The molecule has 0 saturated carbocycles. The Hall–Kier alpha value is -11.3. The molecule has 3 fully saturated rings. The second-order valence-electron chi connectivity index (χ2n) is 32.7. The van der Waals surface area contributed by atoms with Crippen LogP contribution in [-0.2, 0) is 67.6 Å². The number of hydrogen-bond donors (Lipinski definition) is 22. The van der Waals surface area contributed by atoms with Gasteiger partial charge in [0.2, 0.25) is 53.4 Å². The lowest BCUT2D eigenvalue weighted by Gasteiger charge is -2.48. The third-order valence-corrected chi connectivity index (χ3v) is 23.9. The van der Waals surface area contributed by atoms with Gasteiger partial charge in [-0.2, -0.15) is 8.42 Å². The van der Waals surface area contributed by atoms with Gasteiger partial charge < -0.3 is 138 Å². The number of hydroxylamine groups is 1. The number of ether oxygens (including phenoxy) is 7. The first-order valence-electron chi connectivity index (χ1n) is 41.2. The number of amides is 10. The molecule has 8 aliphatic rings. The van der Waals surface area contributed by atoms with Crippen molar-refractivity contribution >= 4 is 92.4 Å². The van der Waals surface area contributed by atoms with Crippen LogP contribution >= 0.6 is 23.2 Å². The van der Waals surface area contributed by atoms with Crippen molar-refractivity contribution in [2.45, 2.75) is 182 Å². The summed E-state index contributed by atoms with van der Waals surface area (Å²) < 4.78 is 107. The number of nitrogens with one attached hydrogen (secondary N) is 11. The predicted molar refractivity (Wildman–Crippen MR) is 452 cm³/mol. The molecule has 0 aliphatic carbocycles. The molecule has 3 saturated heterocycles. The molecular formula is C83H99Cl2F3N14O28S. The smallest absolute Gasteiger partial charge is 0.508 e. The second-order valence-corrected chi connectivity index (χ2v) is 34.9. The lowest BCUT2D eigenvalue weighted by atomic mass is 9.84. The zero-order chi connectivity index (χ0) is 95.2. The molecule has 6 aromatic rings. The summed E-state index contributed by atoms with van der Waals surface area (Å²) in [6.07, 6.45) is -22.8. The van der Waals surface area contributed by atoms with Gasteiger partial charge in [-0.3, -0.25) is 43.2 Å². The molecule has 710 valence electrons. The minimum atomic E-state index is -4.92. The number of aliphatic hydroxyl groups excluding tert-OH is 6.